The van der Waals surface area contributed by atoms with Gasteiger partial charge in [-0.15, -0.1) is 0 Å². The highest BCUT2D eigenvalue weighted by Crippen LogP contribution is 2.17. The molecule has 0 radical (unpaired) electrons. The minimum absolute atomic E-state index is 0.100. The van der Waals surface area contributed by atoms with Gasteiger partial charge in [-0.05, 0) is 11.6 Å². The van der Waals surface area contributed by atoms with Gasteiger partial charge in [0.05, 0.1) is 0 Å². The second kappa shape index (κ2) is 4.43. The molecule has 0 spiro atoms. The molecule has 0 aliphatic carbocycles. The first-order valence-electron chi connectivity index (χ1n) is 5.10. The molecule has 0 amide bonds. The van der Waals surface area contributed by atoms with E-state index in [2.05, 4.69) is 25.8 Å². The summed E-state index contributed by atoms with van der Waals surface area (Å²) in [6.07, 6.45) is 3.60. The second-order valence-electron chi connectivity index (χ2n) is 4.82. The van der Waals surface area contributed by atoms with E-state index in [1.165, 1.54) is 0 Å². The molecule has 0 aromatic carbocycles. The Bertz CT molecular complexity index is 324. The van der Waals surface area contributed by atoms with Gasteiger partial charge in [-0.1, -0.05) is 26.8 Å². The number of hydrogen-bond acceptors (Lipinski definition) is 2. The third kappa shape index (κ3) is 3.35. The van der Waals surface area contributed by atoms with Crippen LogP contribution in [0.2, 0.25) is 0 Å². The van der Waals surface area contributed by atoms with Crippen molar-refractivity contribution in [3.63, 3.8) is 0 Å². The predicted octanol–water partition coefficient (Wildman–Crippen LogP) is 2.54. The van der Waals surface area contributed by atoms with Crippen LogP contribution < -0.4 is 0 Å². The summed E-state index contributed by atoms with van der Waals surface area (Å²) in [5, 5.41) is 8.00. The third-order valence-electron chi connectivity index (χ3n) is 2.23. The zero-order chi connectivity index (χ0) is 11.5. The summed E-state index contributed by atoms with van der Waals surface area (Å²) in [5.74, 6) is 0.645. The lowest BCUT2D eigenvalue weighted by Crippen LogP contribution is -2.35. The van der Waals surface area contributed by atoms with Gasteiger partial charge < -0.3 is 4.90 Å². The van der Waals surface area contributed by atoms with E-state index in [4.69, 9.17) is 5.41 Å². The lowest BCUT2D eigenvalue weighted by molar-refractivity contribution is 0.417. The first-order chi connectivity index (χ1) is 6.91. The quantitative estimate of drug-likeness (QED) is 0.595. The van der Waals surface area contributed by atoms with Gasteiger partial charge in [0.15, 0.2) is 0 Å². The van der Waals surface area contributed by atoms with E-state index >= 15 is 0 Å². The van der Waals surface area contributed by atoms with Gasteiger partial charge in [0, 0.05) is 31.4 Å². The monoisotopic (exact) mass is 205 g/mol. The number of aromatic nitrogens is 1. The number of amidine groups is 1. The fourth-order valence-electron chi connectivity index (χ4n) is 1.42. The zero-order valence-electron chi connectivity index (χ0n) is 9.91. The van der Waals surface area contributed by atoms with Crippen LogP contribution in [0.4, 0.5) is 0 Å². The molecule has 0 fully saturated rings. The van der Waals surface area contributed by atoms with Gasteiger partial charge in [-0.25, -0.2) is 0 Å². The van der Waals surface area contributed by atoms with Crippen molar-refractivity contribution in [1.82, 2.24) is 9.88 Å². The van der Waals surface area contributed by atoms with Crippen LogP contribution in [0, 0.1) is 10.8 Å². The summed E-state index contributed by atoms with van der Waals surface area (Å²) in [6.45, 7) is 6.89. The Morgan fingerprint density at radius 3 is 2.60 bits per heavy atom. The molecular formula is C12H19N3. The van der Waals surface area contributed by atoms with Crippen molar-refractivity contribution in [3.8, 4) is 0 Å². The second-order valence-corrected chi connectivity index (χ2v) is 4.82. The van der Waals surface area contributed by atoms with E-state index in [0.29, 0.717) is 5.84 Å². The first kappa shape index (κ1) is 11.7. The molecule has 0 saturated carbocycles. The largest absolute Gasteiger partial charge is 0.359 e. The van der Waals surface area contributed by atoms with Crippen LogP contribution in [-0.2, 0) is 6.54 Å². The molecule has 0 unspecified atom stereocenters. The van der Waals surface area contributed by atoms with Crippen molar-refractivity contribution in [1.29, 1.82) is 5.41 Å². The van der Waals surface area contributed by atoms with Crippen LogP contribution in [-0.4, -0.2) is 22.8 Å². The van der Waals surface area contributed by atoms with E-state index in [-0.39, 0.29) is 5.41 Å². The average molecular weight is 205 g/mol. The SMILES string of the molecule is CN(Cc1cccnc1)C(=N)C(C)(C)C. The van der Waals surface area contributed by atoms with Gasteiger partial charge in [0.25, 0.3) is 0 Å². The zero-order valence-corrected chi connectivity index (χ0v) is 9.91. The van der Waals surface area contributed by atoms with Crippen LogP contribution in [0.25, 0.3) is 0 Å². The highest BCUT2D eigenvalue weighted by Gasteiger charge is 2.20. The average Bonchev–Trinajstić information content (AvgIpc) is 2.16. The normalized spacial score (nSPS) is 11.2. The standard InChI is InChI=1S/C12H19N3/c1-12(2,3)11(13)15(4)9-10-6-5-7-14-8-10/h5-8,13H,9H2,1-4H3. The Morgan fingerprint density at radius 2 is 2.13 bits per heavy atom. The summed E-state index contributed by atoms with van der Waals surface area (Å²) in [4.78, 5) is 6.02. The molecule has 3 heteroatoms. The predicted molar refractivity (Wildman–Crippen MR) is 62.9 cm³/mol. The summed E-state index contributed by atoms with van der Waals surface area (Å²) >= 11 is 0. The Hall–Kier alpha value is -1.38. The topological polar surface area (TPSA) is 40.0 Å². The fourth-order valence-corrected chi connectivity index (χ4v) is 1.42. The first-order valence-corrected chi connectivity index (χ1v) is 5.10. The van der Waals surface area contributed by atoms with Gasteiger partial charge in [0.1, 0.15) is 5.84 Å². The molecule has 1 aromatic heterocycles. The van der Waals surface area contributed by atoms with Crippen LogP contribution in [0.1, 0.15) is 26.3 Å². The molecule has 1 heterocycles. The fraction of sp³-hybridized carbons (Fsp3) is 0.500. The van der Waals surface area contributed by atoms with Crippen molar-refractivity contribution in [2.45, 2.75) is 27.3 Å². The van der Waals surface area contributed by atoms with Crippen LogP contribution in [0.15, 0.2) is 24.5 Å². The minimum atomic E-state index is -0.100. The smallest absolute Gasteiger partial charge is 0.101 e. The third-order valence-corrected chi connectivity index (χ3v) is 2.23. The van der Waals surface area contributed by atoms with Crippen LogP contribution in [0.3, 0.4) is 0 Å². The summed E-state index contributed by atoms with van der Waals surface area (Å²) in [7, 11) is 1.95. The number of rotatable bonds is 2. The molecule has 1 rings (SSSR count). The molecule has 0 bridgehead atoms. The van der Waals surface area contributed by atoms with E-state index < -0.39 is 0 Å². The van der Waals surface area contributed by atoms with Gasteiger partial charge in [-0.2, -0.15) is 0 Å². The van der Waals surface area contributed by atoms with Crippen molar-refractivity contribution >= 4 is 5.84 Å². The van der Waals surface area contributed by atoms with E-state index in [9.17, 15) is 0 Å². The van der Waals surface area contributed by atoms with Gasteiger partial charge in [0.2, 0.25) is 0 Å². The van der Waals surface area contributed by atoms with Crippen molar-refractivity contribution in [2.24, 2.45) is 5.41 Å². The molecule has 0 saturated heterocycles. The maximum Gasteiger partial charge on any atom is 0.101 e. The summed E-state index contributed by atoms with van der Waals surface area (Å²) in [5.41, 5.74) is 1.03. The molecule has 0 aliphatic rings. The number of nitrogens with one attached hydrogen (secondary N) is 1. The molecule has 0 aliphatic heterocycles. The summed E-state index contributed by atoms with van der Waals surface area (Å²) in [6, 6.07) is 3.95. The Balaban J connectivity index is 2.65. The van der Waals surface area contributed by atoms with Crippen molar-refractivity contribution in [3.05, 3.63) is 30.1 Å². The molecule has 15 heavy (non-hydrogen) atoms. The van der Waals surface area contributed by atoms with Gasteiger partial charge in [-0.3, -0.25) is 10.4 Å². The molecule has 1 aromatic rings. The molecule has 0 atom stereocenters. The number of nitrogens with zero attached hydrogens (tertiary/aromatic N) is 2. The van der Waals surface area contributed by atoms with Crippen LogP contribution in [0.5, 0.6) is 0 Å². The number of hydrogen-bond donors (Lipinski definition) is 1. The number of pyridine rings is 1. The molecule has 82 valence electrons. The van der Waals surface area contributed by atoms with E-state index in [1.54, 1.807) is 6.20 Å². The van der Waals surface area contributed by atoms with E-state index in [1.807, 2.05) is 30.3 Å². The van der Waals surface area contributed by atoms with Crippen LogP contribution >= 0.6 is 0 Å². The lowest BCUT2D eigenvalue weighted by Gasteiger charge is -2.29. The van der Waals surface area contributed by atoms with Crippen molar-refractivity contribution in [2.75, 3.05) is 7.05 Å². The maximum atomic E-state index is 8.00. The molecule has 3 nitrogen and oxygen atoms in total. The van der Waals surface area contributed by atoms with Crippen molar-refractivity contribution < 1.29 is 0 Å². The highest BCUT2D eigenvalue weighted by atomic mass is 15.1. The minimum Gasteiger partial charge on any atom is -0.359 e. The van der Waals surface area contributed by atoms with Gasteiger partial charge >= 0.3 is 0 Å². The Kier molecular flexibility index (Phi) is 3.45. The lowest BCUT2D eigenvalue weighted by atomic mass is 9.94. The Morgan fingerprint density at radius 1 is 1.47 bits per heavy atom. The molecular weight excluding hydrogens is 186 g/mol. The highest BCUT2D eigenvalue weighted by molar-refractivity contribution is 5.83. The van der Waals surface area contributed by atoms with E-state index in [0.717, 1.165) is 12.1 Å². The summed E-state index contributed by atoms with van der Waals surface area (Å²) < 4.78 is 0. The molecule has 1 N–H and O–H groups in total. The Labute approximate surface area is 91.7 Å². The maximum absolute atomic E-state index is 8.00.